The molecular weight excluding hydrogens is 424 g/mol. The topological polar surface area (TPSA) is 166 Å². The fourth-order valence-corrected chi connectivity index (χ4v) is 2.78. The van der Waals surface area contributed by atoms with Gasteiger partial charge in [0.05, 0.1) is 19.8 Å². The van der Waals surface area contributed by atoms with Gasteiger partial charge in [-0.1, -0.05) is 54.6 Å². The minimum atomic E-state index is -1.16. The third-order valence-corrected chi connectivity index (χ3v) is 4.94. The van der Waals surface area contributed by atoms with Gasteiger partial charge in [0, 0.05) is 36.5 Å². The van der Waals surface area contributed by atoms with E-state index in [0.717, 1.165) is 5.56 Å². The van der Waals surface area contributed by atoms with Gasteiger partial charge in [0.1, 0.15) is 6.04 Å². The number of thiocarbonyl (C=S) groups is 1. The van der Waals surface area contributed by atoms with Crippen LogP contribution in [0.2, 0.25) is 0 Å². The van der Waals surface area contributed by atoms with Crippen molar-refractivity contribution in [2.24, 2.45) is 11.7 Å². The zero-order chi connectivity index (χ0) is 23.2. The minimum Gasteiger partial charge on any atom is -0.480 e. The maximum absolute atomic E-state index is 10.8. The molecule has 0 aliphatic carbocycles. The van der Waals surface area contributed by atoms with Crippen LogP contribution in [0, 0.1) is 5.92 Å². The number of benzene rings is 1. The molecule has 6 N–H and O–H groups in total. The summed E-state index contributed by atoms with van der Waals surface area (Å²) in [7, 11) is 0. The molecule has 11 heteroatoms. The van der Waals surface area contributed by atoms with Crippen molar-refractivity contribution < 1.29 is 29.7 Å². The van der Waals surface area contributed by atoms with Gasteiger partial charge in [-0.3, -0.25) is 9.69 Å². The Balaban J connectivity index is 0.000000407. The Morgan fingerprint density at radius 1 is 1.13 bits per heavy atom. The van der Waals surface area contributed by atoms with E-state index in [9.17, 15) is 4.79 Å². The van der Waals surface area contributed by atoms with Crippen LogP contribution < -0.4 is 5.73 Å². The van der Waals surface area contributed by atoms with Crippen molar-refractivity contribution in [1.82, 2.24) is 15.0 Å². The smallest absolute Gasteiger partial charge is 0.325 e. The number of nitrogens with zero attached hydrogens (tertiary/aromatic N) is 3. The Hall–Kier alpha value is -2.28. The van der Waals surface area contributed by atoms with Gasteiger partial charge in [0.25, 0.3) is 0 Å². The van der Waals surface area contributed by atoms with Crippen LogP contribution in [0.4, 0.5) is 0 Å². The van der Waals surface area contributed by atoms with Gasteiger partial charge in [0.2, 0.25) is 11.7 Å². The fraction of sp³-hybridized carbons (Fsp3) is 0.500. The lowest BCUT2D eigenvalue weighted by atomic mass is 9.98. The van der Waals surface area contributed by atoms with E-state index in [-0.39, 0.29) is 30.6 Å². The molecule has 0 fully saturated rings. The number of rotatable bonds is 12. The molecule has 0 radical (unpaired) electrons. The van der Waals surface area contributed by atoms with Crippen molar-refractivity contribution in [2.45, 2.75) is 19.4 Å². The molecule has 2 unspecified atom stereocenters. The average Bonchev–Trinajstić information content (AvgIpc) is 3.22. The van der Waals surface area contributed by atoms with Crippen molar-refractivity contribution in [3.05, 3.63) is 36.2 Å². The Labute approximate surface area is 186 Å². The molecule has 0 saturated carbocycles. The molecule has 0 aliphatic rings. The zero-order valence-electron chi connectivity index (χ0n) is 17.4. The van der Waals surface area contributed by atoms with Gasteiger partial charge in [-0.15, -0.1) is 0 Å². The zero-order valence-corrected chi connectivity index (χ0v) is 18.2. The molecule has 2 atom stereocenters. The lowest BCUT2D eigenvalue weighted by molar-refractivity contribution is -0.136. The summed E-state index contributed by atoms with van der Waals surface area (Å²) in [6, 6.07) is 8.26. The fourth-order valence-electron chi connectivity index (χ4n) is 2.59. The first-order chi connectivity index (χ1) is 14.8. The first kappa shape index (κ1) is 26.8. The third-order valence-electron chi connectivity index (χ3n) is 4.29. The lowest BCUT2D eigenvalue weighted by Gasteiger charge is -2.17. The maximum Gasteiger partial charge on any atom is 0.325 e. The Bertz CT molecular complexity index is 775. The van der Waals surface area contributed by atoms with Crippen molar-refractivity contribution in [3.63, 3.8) is 0 Å². The molecule has 1 heterocycles. The largest absolute Gasteiger partial charge is 0.480 e. The quantitative estimate of drug-likeness (QED) is 0.273. The van der Waals surface area contributed by atoms with Crippen LogP contribution in [0.25, 0.3) is 11.4 Å². The van der Waals surface area contributed by atoms with Gasteiger partial charge in [-0.2, -0.15) is 4.98 Å². The maximum atomic E-state index is 10.8. The van der Waals surface area contributed by atoms with E-state index in [1.54, 1.807) is 11.8 Å². The predicted molar refractivity (Wildman–Crippen MR) is 119 cm³/mol. The highest BCUT2D eigenvalue weighted by Gasteiger charge is 2.24. The minimum absolute atomic E-state index is 0.0694. The van der Waals surface area contributed by atoms with Crippen LogP contribution >= 0.6 is 12.2 Å². The number of aliphatic carboxylic acids is 1. The number of aliphatic hydroxyl groups excluding tert-OH is 3. The van der Waals surface area contributed by atoms with Crippen molar-refractivity contribution in [1.29, 1.82) is 0 Å². The van der Waals surface area contributed by atoms with Gasteiger partial charge in [0.15, 0.2) is 0 Å². The predicted octanol–water partition coefficient (Wildman–Crippen LogP) is -0.0377. The summed E-state index contributed by atoms with van der Waals surface area (Å²) in [5.74, 6) is -0.481. The normalized spacial score (nSPS) is 12.7. The monoisotopic (exact) mass is 454 g/mol. The molecule has 0 aliphatic heterocycles. The second-order valence-electron chi connectivity index (χ2n) is 6.71. The highest BCUT2D eigenvalue weighted by atomic mass is 32.1. The average molecular weight is 455 g/mol. The van der Waals surface area contributed by atoms with E-state index in [1.165, 1.54) is 0 Å². The van der Waals surface area contributed by atoms with E-state index in [0.29, 0.717) is 37.8 Å². The molecule has 1 aromatic heterocycles. The van der Waals surface area contributed by atoms with Crippen LogP contribution in [-0.2, 0) is 11.2 Å². The molecule has 0 saturated heterocycles. The molecule has 2 rings (SSSR count). The first-order valence-electron chi connectivity index (χ1n) is 9.79. The van der Waals surface area contributed by atoms with E-state index in [2.05, 4.69) is 10.1 Å². The molecule has 10 nitrogen and oxygen atoms in total. The SMILES string of the molecule is CC(Cc1nc(-c2ccccc2)no1)C(=S)C(N)C(=O)O.OCCN(CCO)CCO. The van der Waals surface area contributed by atoms with Gasteiger partial charge in [-0.25, -0.2) is 0 Å². The summed E-state index contributed by atoms with van der Waals surface area (Å²) in [5.41, 5.74) is 6.36. The highest BCUT2D eigenvalue weighted by molar-refractivity contribution is 7.80. The van der Waals surface area contributed by atoms with Crippen LogP contribution in [0.1, 0.15) is 12.8 Å². The standard InChI is InChI=1S/C14H15N3O3S.C6H15NO3/c1-8(12(21)11(15)14(18)19)7-10-16-13(17-20-10)9-5-3-2-4-6-9;8-4-1-7(2-5-9)3-6-10/h2-6,8,11H,7,15H2,1H3,(H,18,19);8-10H,1-6H2. The Kier molecular flexibility index (Phi) is 12.7. The third kappa shape index (κ3) is 9.59. The number of aromatic nitrogens is 2. The number of hydrogen-bond acceptors (Lipinski definition) is 10. The van der Waals surface area contributed by atoms with Crippen molar-refractivity contribution in [3.8, 4) is 11.4 Å². The van der Waals surface area contributed by atoms with Crippen LogP contribution in [-0.4, -0.2) is 91.8 Å². The lowest BCUT2D eigenvalue weighted by Crippen LogP contribution is -2.40. The number of nitrogens with two attached hydrogens (primary N) is 1. The molecule has 0 amide bonds. The molecule has 1 aromatic carbocycles. The molecule has 31 heavy (non-hydrogen) atoms. The Morgan fingerprint density at radius 2 is 1.68 bits per heavy atom. The first-order valence-corrected chi connectivity index (χ1v) is 10.2. The summed E-state index contributed by atoms with van der Waals surface area (Å²) in [5, 5.41) is 38.2. The van der Waals surface area contributed by atoms with Crippen LogP contribution in [0.15, 0.2) is 34.9 Å². The number of aliphatic hydroxyl groups is 3. The summed E-state index contributed by atoms with van der Waals surface area (Å²) < 4.78 is 5.17. The molecule has 0 bridgehead atoms. The van der Waals surface area contributed by atoms with Gasteiger partial charge in [-0.05, 0) is 5.92 Å². The van der Waals surface area contributed by atoms with E-state index < -0.39 is 12.0 Å². The van der Waals surface area contributed by atoms with E-state index in [1.807, 2.05) is 30.3 Å². The van der Waals surface area contributed by atoms with E-state index >= 15 is 0 Å². The second-order valence-corrected chi connectivity index (χ2v) is 7.19. The highest BCUT2D eigenvalue weighted by Crippen LogP contribution is 2.17. The van der Waals surface area contributed by atoms with Crippen LogP contribution in [0.3, 0.4) is 0 Å². The number of carboxylic acids is 1. The molecule has 0 spiro atoms. The molecular formula is C20H30N4O6S. The summed E-state index contributed by atoms with van der Waals surface area (Å²) in [6.45, 7) is 3.54. The Morgan fingerprint density at radius 3 is 2.16 bits per heavy atom. The van der Waals surface area contributed by atoms with Gasteiger partial charge >= 0.3 is 5.97 Å². The number of carbonyl (C=O) groups is 1. The molecule has 172 valence electrons. The second kappa shape index (κ2) is 14.7. The van der Waals surface area contributed by atoms with Crippen molar-refractivity contribution in [2.75, 3.05) is 39.5 Å². The van der Waals surface area contributed by atoms with Crippen LogP contribution in [0.5, 0.6) is 0 Å². The van der Waals surface area contributed by atoms with Gasteiger partial charge < -0.3 is 30.7 Å². The number of carboxylic acid groups (broad SMARTS) is 1. The van der Waals surface area contributed by atoms with E-state index in [4.69, 9.17) is 42.9 Å². The van der Waals surface area contributed by atoms with Crippen molar-refractivity contribution >= 4 is 23.1 Å². The number of hydrogen-bond donors (Lipinski definition) is 5. The summed E-state index contributed by atoms with van der Waals surface area (Å²) >= 11 is 5.08. The summed E-state index contributed by atoms with van der Waals surface area (Å²) in [4.78, 5) is 17.2. The summed E-state index contributed by atoms with van der Waals surface area (Å²) in [6.07, 6.45) is 0.361. The molecule has 2 aromatic rings.